The molecule has 0 aliphatic rings. The maximum Gasteiger partial charge on any atom is 0.144 e. The van der Waals surface area contributed by atoms with Gasteiger partial charge in [0.25, 0.3) is 0 Å². The van der Waals surface area contributed by atoms with Gasteiger partial charge >= 0.3 is 0 Å². The van der Waals surface area contributed by atoms with Crippen molar-refractivity contribution in [2.45, 2.75) is 0 Å². The number of benzene rings is 9. The molecule has 0 spiro atoms. The third-order valence-corrected chi connectivity index (χ3v) is 9.91. The van der Waals surface area contributed by atoms with Gasteiger partial charge in [0.05, 0.1) is 6.85 Å². The molecule has 11 rings (SSSR count). The summed E-state index contributed by atoms with van der Waals surface area (Å²) >= 11 is 0. The molecule has 0 unspecified atom stereocenters. The van der Waals surface area contributed by atoms with Crippen LogP contribution in [0.2, 0.25) is 0 Å². The van der Waals surface area contributed by atoms with Crippen LogP contribution in [0.1, 0.15) is 6.85 Å². The standard InChI is InChI=1S/C46H26O2/c1-2-9-27(10-3-1)32-21-17-28-20-24-35-33(22-18-29-19-23-34(32)42(28)43(29)35)30-11-8-12-31(25-30)38-26-41-44(36-13-4-6-15-39(36)47-41)45-37-14-5-7-16-40(37)48-46(38)45/h1-26H/i1D,2D,3D,9D,10D. The Labute approximate surface area is 282 Å². The molecule has 0 N–H and O–H groups in total. The Morgan fingerprint density at radius 2 is 0.958 bits per heavy atom. The van der Waals surface area contributed by atoms with Crippen molar-refractivity contribution in [3.8, 4) is 33.4 Å². The van der Waals surface area contributed by atoms with Gasteiger partial charge in [0.1, 0.15) is 22.3 Å². The fraction of sp³-hybridized carbons (Fsp3) is 0. The van der Waals surface area contributed by atoms with Crippen LogP contribution in [0.15, 0.2) is 166 Å². The molecule has 0 atom stereocenters. The number of hydrogen-bond donors (Lipinski definition) is 0. The van der Waals surface area contributed by atoms with E-state index in [1.807, 2.05) is 54.6 Å². The van der Waals surface area contributed by atoms with E-state index >= 15 is 0 Å². The first-order chi connectivity index (χ1) is 25.9. The zero-order chi connectivity index (χ0) is 35.7. The van der Waals surface area contributed by atoms with Crippen molar-refractivity contribution in [3.05, 3.63) is 158 Å². The minimum atomic E-state index is -0.396. The summed E-state index contributed by atoms with van der Waals surface area (Å²) in [5, 5.41) is 10.3. The molecule has 11 aromatic rings. The Bertz CT molecular complexity index is 3330. The summed E-state index contributed by atoms with van der Waals surface area (Å²) in [6, 6.07) is 41.9. The zero-order valence-electron chi connectivity index (χ0n) is 30.4. The van der Waals surface area contributed by atoms with Gasteiger partial charge in [-0.1, -0.05) is 133 Å². The summed E-state index contributed by atoms with van der Waals surface area (Å²) in [7, 11) is 0. The van der Waals surface area contributed by atoms with Crippen molar-refractivity contribution in [2.75, 3.05) is 0 Å². The van der Waals surface area contributed by atoms with E-state index in [9.17, 15) is 0 Å². The molecule has 0 aliphatic heterocycles. The van der Waals surface area contributed by atoms with Gasteiger partial charge in [0.15, 0.2) is 0 Å². The minimum absolute atomic E-state index is 0.206. The molecular weight excluding hydrogens is 585 g/mol. The highest BCUT2D eigenvalue weighted by molar-refractivity contribution is 6.29. The number of fused-ring (bicyclic) bond motifs is 7. The summed E-state index contributed by atoms with van der Waals surface area (Å²) in [4.78, 5) is 0. The number of para-hydroxylation sites is 2. The first-order valence-electron chi connectivity index (χ1n) is 18.5. The lowest BCUT2D eigenvalue weighted by molar-refractivity contribution is 0.664. The molecule has 2 heteroatoms. The topological polar surface area (TPSA) is 26.3 Å². The smallest absolute Gasteiger partial charge is 0.144 e. The van der Waals surface area contributed by atoms with E-state index in [4.69, 9.17) is 15.7 Å². The summed E-state index contributed by atoms with van der Waals surface area (Å²) in [6.07, 6.45) is 0. The molecule has 0 amide bonds. The van der Waals surface area contributed by atoms with Crippen molar-refractivity contribution in [2.24, 2.45) is 0 Å². The lowest BCUT2D eigenvalue weighted by Crippen LogP contribution is -1.90. The van der Waals surface area contributed by atoms with Gasteiger partial charge in [-0.05, 0) is 84.4 Å². The van der Waals surface area contributed by atoms with Gasteiger partial charge < -0.3 is 8.83 Å². The van der Waals surface area contributed by atoms with E-state index in [-0.39, 0.29) is 29.7 Å². The normalized spacial score (nSPS) is 13.6. The average molecular weight is 616 g/mol. The van der Waals surface area contributed by atoms with Crippen LogP contribution in [0.5, 0.6) is 0 Å². The van der Waals surface area contributed by atoms with Gasteiger partial charge in [-0.15, -0.1) is 0 Å². The highest BCUT2D eigenvalue weighted by Crippen LogP contribution is 2.46. The van der Waals surface area contributed by atoms with Crippen molar-refractivity contribution in [3.63, 3.8) is 0 Å². The lowest BCUT2D eigenvalue weighted by atomic mass is 9.87. The second kappa shape index (κ2) is 9.57. The van der Waals surface area contributed by atoms with E-state index in [1.165, 1.54) is 0 Å². The molecule has 0 aliphatic carbocycles. The maximum atomic E-state index is 8.71. The monoisotopic (exact) mass is 615 g/mol. The molecule has 0 bridgehead atoms. The molecule has 0 saturated carbocycles. The fourth-order valence-corrected chi connectivity index (χ4v) is 7.83. The second-order valence-electron chi connectivity index (χ2n) is 12.4. The van der Waals surface area contributed by atoms with Gasteiger partial charge in [-0.2, -0.15) is 0 Å². The molecule has 222 valence electrons. The molecule has 0 saturated heterocycles. The number of rotatable bonds is 3. The van der Waals surface area contributed by atoms with E-state index < -0.39 is 6.04 Å². The fourth-order valence-electron chi connectivity index (χ4n) is 7.83. The number of furan rings is 2. The van der Waals surface area contributed by atoms with Crippen molar-refractivity contribution >= 4 is 76.2 Å². The highest BCUT2D eigenvalue weighted by Gasteiger charge is 2.21. The summed E-state index contributed by atoms with van der Waals surface area (Å²) in [5.41, 5.74) is 8.17. The molecule has 2 aromatic heterocycles. The Morgan fingerprint density at radius 3 is 1.67 bits per heavy atom. The van der Waals surface area contributed by atoms with Gasteiger partial charge in [0.2, 0.25) is 0 Å². The van der Waals surface area contributed by atoms with E-state index in [2.05, 4.69) is 72.8 Å². The largest absolute Gasteiger partial charge is 0.456 e. The third kappa shape index (κ3) is 3.52. The summed E-state index contributed by atoms with van der Waals surface area (Å²) in [6.45, 7) is 0. The quantitative estimate of drug-likeness (QED) is 0.185. The predicted molar refractivity (Wildman–Crippen MR) is 201 cm³/mol. The van der Waals surface area contributed by atoms with Crippen LogP contribution in [0.4, 0.5) is 0 Å². The van der Waals surface area contributed by atoms with Gasteiger partial charge in [0, 0.05) is 27.1 Å². The maximum absolute atomic E-state index is 8.71. The molecule has 0 fully saturated rings. The van der Waals surface area contributed by atoms with Crippen LogP contribution in [-0.4, -0.2) is 0 Å². The summed E-state index contributed by atoms with van der Waals surface area (Å²) in [5.74, 6) is 0. The van der Waals surface area contributed by atoms with Crippen LogP contribution >= 0.6 is 0 Å². The van der Waals surface area contributed by atoms with Gasteiger partial charge in [-0.25, -0.2) is 0 Å². The Balaban J connectivity index is 1.15. The van der Waals surface area contributed by atoms with Crippen LogP contribution in [0, 0.1) is 0 Å². The molecular formula is C46H26O2. The zero-order valence-corrected chi connectivity index (χ0v) is 25.4. The van der Waals surface area contributed by atoms with E-state index in [1.54, 1.807) is 0 Å². The number of hydrogen-bond acceptors (Lipinski definition) is 2. The molecule has 9 aromatic carbocycles. The van der Waals surface area contributed by atoms with Crippen LogP contribution < -0.4 is 0 Å². The van der Waals surface area contributed by atoms with Crippen LogP contribution in [0.25, 0.3) is 110 Å². The highest BCUT2D eigenvalue weighted by atomic mass is 16.3. The van der Waals surface area contributed by atoms with E-state index in [0.29, 0.717) is 5.56 Å². The Hall–Kier alpha value is -6.38. The minimum Gasteiger partial charge on any atom is -0.456 e. The van der Waals surface area contributed by atoms with Crippen molar-refractivity contribution in [1.29, 1.82) is 0 Å². The predicted octanol–water partition coefficient (Wildman–Crippen LogP) is 13.4. The molecule has 0 radical (unpaired) electrons. The third-order valence-electron chi connectivity index (χ3n) is 9.91. The van der Waals surface area contributed by atoms with Gasteiger partial charge in [-0.3, -0.25) is 0 Å². The van der Waals surface area contributed by atoms with Crippen LogP contribution in [0.3, 0.4) is 0 Å². The SMILES string of the molecule is [2H]c1c([2H])c([2H])c(-c2ccc3ccc4c(-c5cccc(-c6cc7oc8ccccc8c7c7c6oc6ccccc67)c5)ccc5ccc2c3c54)c([2H])c1[2H]. The first-order valence-corrected chi connectivity index (χ1v) is 16.0. The first kappa shape index (κ1) is 21.4. The van der Waals surface area contributed by atoms with Crippen molar-refractivity contribution < 1.29 is 15.7 Å². The van der Waals surface area contributed by atoms with Crippen LogP contribution in [-0.2, 0) is 0 Å². The lowest BCUT2D eigenvalue weighted by Gasteiger charge is -2.17. The van der Waals surface area contributed by atoms with E-state index in [0.717, 1.165) is 98.4 Å². The Kier molecular flexibility index (Phi) is 4.27. The summed E-state index contributed by atoms with van der Waals surface area (Å²) < 4.78 is 55.3. The van der Waals surface area contributed by atoms with Crippen molar-refractivity contribution in [1.82, 2.24) is 0 Å². The Morgan fingerprint density at radius 1 is 0.375 bits per heavy atom. The molecule has 2 nitrogen and oxygen atoms in total. The average Bonchev–Trinajstić information content (AvgIpc) is 3.77. The molecule has 2 heterocycles. The second-order valence-corrected chi connectivity index (χ2v) is 12.4. The molecule has 48 heavy (non-hydrogen) atoms.